The molecule has 7 nitrogen and oxygen atoms in total. The Hall–Kier alpha value is -3.73. The maximum Gasteiger partial charge on any atom is 0.274 e. The lowest BCUT2D eigenvalue weighted by Crippen LogP contribution is -2.28. The molecule has 1 aromatic carbocycles. The fraction of sp³-hybridized carbons (Fsp3) is 0.273. The largest absolute Gasteiger partial charge is 0.481 e. The summed E-state index contributed by atoms with van der Waals surface area (Å²) >= 11 is 0. The van der Waals surface area contributed by atoms with E-state index in [9.17, 15) is 9.18 Å². The Morgan fingerprint density at radius 3 is 2.60 bits per heavy atom. The Morgan fingerprint density at radius 2 is 2.00 bits per heavy atom. The lowest BCUT2D eigenvalue weighted by molar-refractivity contribution is 0.0787. The van der Waals surface area contributed by atoms with Crippen LogP contribution in [-0.2, 0) is 0 Å². The van der Waals surface area contributed by atoms with Gasteiger partial charge in [0.1, 0.15) is 23.4 Å². The van der Waals surface area contributed by atoms with E-state index in [1.54, 1.807) is 33.9 Å². The van der Waals surface area contributed by atoms with Crippen LogP contribution in [0.4, 0.5) is 4.39 Å². The second-order valence-corrected chi connectivity index (χ2v) is 7.07. The number of amides is 1. The number of benzene rings is 1. The molecule has 3 aromatic rings. The summed E-state index contributed by atoms with van der Waals surface area (Å²) in [6, 6.07) is 9.62. The molecule has 0 saturated carbocycles. The highest BCUT2D eigenvalue weighted by Gasteiger charge is 2.27. The first-order chi connectivity index (χ1) is 14.5. The molecule has 152 valence electrons. The third kappa shape index (κ3) is 3.39. The molecule has 0 bridgehead atoms. The zero-order valence-electron chi connectivity index (χ0n) is 16.7. The molecule has 0 atom stereocenters. The average molecular weight is 405 g/mol. The van der Waals surface area contributed by atoms with Gasteiger partial charge in [0.2, 0.25) is 5.88 Å². The van der Waals surface area contributed by atoms with Crippen molar-refractivity contribution in [3.8, 4) is 29.0 Å². The summed E-state index contributed by atoms with van der Waals surface area (Å²) in [5, 5.41) is 9.02. The van der Waals surface area contributed by atoms with E-state index in [2.05, 4.69) is 9.97 Å². The maximum absolute atomic E-state index is 14.3. The summed E-state index contributed by atoms with van der Waals surface area (Å²) < 4.78 is 21.2. The lowest BCUT2D eigenvalue weighted by atomic mass is 10.1. The van der Waals surface area contributed by atoms with E-state index < -0.39 is 5.82 Å². The van der Waals surface area contributed by atoms with E-state index in [4.69, 9.17) is 10.00 Å². The van der Waals surface area contributed by atoms with Gasteiger partial charge in [0.15, 0.2) is 0 Å². The summed E-state index contributed by atoms with van der Waals surface area (Å²) in [4.78, 5) is 23.7. The van der Waals surface area contributed by atoms with Crippen LogP contribution in [-0.4, -0.2) is 45.5 Å². The van der Waals surface area contributed by atoms with Gasteiger partial charge in [-0.15, -0.1) is 0 Å². The first-order valence-electron chi connectivity index (χ1n) is 9.62. The summed E-state index contributed by atoms with van der Waals surface area (Å²) in [5.74, 6) is 0.0873. The number of pyridine rings is 1. The van der Waals surface area contributed by atoms with Crippen molar-refractivity contribution in [3.63, 3.8) is 0 Å². The summed E-state index contributed by atoms with van der Waals surface area (Å²) in [6.45, 7) is 3.22. The van der Waals surface area contributed by atoms with Gasteiger partial charge in [-0.2, -0.15) is 5.26 Å². The molecule has 1 saturated heterocycles. The predicted octanol–water partition coefficient (Wildman–Crippen LogP) is 3.50. The topological polar surface area (TPSA) is 84.0 Å². The number of aromatic nitrogens is 3. The molecule has 30 heavy (non-hydrogen) atoms. The van der Waals surface area contributed by atoms with Crippen LogP contribution in [0.2, 0.25) is 0 Å². The molecule has 0 N–H and O–H groups in total. The highest BCUT2D eigenvalue weighted by atomic mass is 19.1. The monoisotopic (exact) mass is 405 g/mol. The zero-order valence-corrected chi connectivity index (χ0v) is 16.7. The Balaban J connectivity index is 1.88. The minimum atomic E-state index is -0.637. The van der Waals surface area contributed by atoms with Gasteiger partial charge in [-0.05, 0) is 44.0 Å². The second kappa shape index (κ2) is 7.95. The lowest BCUT2D eigenvalue weighted by Gasteiger charge is -2.14. The zero-order chi connectivity index (χ0) is 21.3. The van der Waals surface area contributed by atoms with Gasteiger partial charge in [-0.1, -0.05) is 0 Å². The number of imidazole rings is 1. The number of hydrogen-bond acceptors (Lipinski definition) is 5. The van der Waals surface area contributed by atoms with Crippen molar-refractivity contribution >= 4 is 5.91 Å². The van der Waals surface area contributed by atoms with Crippen LogP contribution in [0.1, 0.15) is 34.6 Å². The van der Waals surface area contributed by atoms with Gasteiger partial charge >= 0.3 is 0 Å². The summed E-state index contributed by atoms with van der Waals surface area (Å²) in [7, 11) is 1.53. The number of carbonyl (C=O) groups is 1. The molecule has 8 heteroatoms. The summed E-state index contributed by atoms with van der Waals surface area (Å²) in [5.41, 5.74) is 2.05. The first-order valence-corrected chi connectivity index (χ1v) is 9.62. The molecular weight excluding hydrogens is 385 g/mol. The third-order valence-corrected chi connectivity index (χ3v) is 5.24. The van der Waals surface area contributed by atoms with E-state index in [0.29, 0.717) is 47.4 Å². The van der Waals surface area contributed by atoms with Crippen LogP contribution in [0, 0.1) is 24.1 Å². The Bertz CT molecular complexity index is 1140. The van der Waals surface area contributed by atoms with Gasteiger partial charge in [0.05, 0.1) is 30.3 Å². The average Bonchev–Trinajstić information content (AvgIpc) is 3.42. The Kier molecular flexibility index (Phi) is 5.19. The molecule has 1 fully saturated rings. The number of nitrogens with zero attached hydrogens (tertiary/aromatic N) is 5. The normalized spacial score (nSPS) is 13.3. The molecular formula is C22H20FN5O2. The van der Waals surface area contributed by atoms with Gasteiger partial charge in [-0.3, -0.25) is 9.36 Å². The van der Waals surface area contributed by atoms with Gasteiger partial charge in [0.25, 0.3) is 5.91 Å². The van der Waals surface area contributed by atoms with Gasteiger partial charge in [0, 0.05) is 24.7 Å². The van der Waals surface area contributed by atoms with E-state index in [-0.39, 0.29) is 11.5 Å². The minimum absolute atomic E-state index is 0.0481. The van der Waals surface area contributed by atoms with Crippen LogP contribution in [0.3, 0.4) is 0 Å². The maximum atomic E-state index is 14.3. The molecule has 0 aliphatic carbocycles. The standard InChI is InChI=1S/C22H20FN5O2/c1-14-20(22(29)27-9-3-4-10-27)26-21(15-5-6-16(12-24)18(23)11-15)28(14)17-7-8-19(30-2)25-13-17/h5-8,11,13H,3-4,9-10H2,1-2H3. The van der Waals surface area contributed by atoms with Crippen LogP contribution in [0.5, 0.6) is 5.88 Å². The van der Waals surface area contributed by atoms with E-state index in [1.165, 1.54) is 19.2 Å². The van der Waals surface area contributed by atoms with Crippen molar-refractivity contribution < 1.29 is 13.9 Å². The van der Waals surface area contributed by atoms with Crippen molar-refractivity contribution in [3.05, 3.63) is 59.3 Å². The number of ether oxygens (including phenoxy) is 1. The predicted molar refractivity (Wildman–Crippen MR) is 108 cm³/mol. The van der Waals surface area contributed by atoms with E-state index >= 15 is 0 Å². The Labute approximate surface area is 173 Å². The van der Waals surface area contributed by atoms with Crippen LogP contribution in [0.25, 0.3) is 17.1 Å². The van der Waals surface area contributed by atoms with Crippen molar-refractivity contribution in [2.45, 2.75) is 19.8 Å². The van der Waals surface area contributed by atoms with Crippen molar-refractivity contribution in [1.82, 2.24) is 19.4 Å². The number of rotatable bonds is 4. The highest BCUT2D eigenvalue weighted by molar-refractivity contribution is 5.94. The number of nitriles is 1. The van der Waals surface area contributed by atoms with Crippen molar-refractivity contribution in [1.29, 1.82) is 5.26 Å². The highest BCUT2D eigenvalue weighted by Crippen LogP contribution is 2.29. The third-order valence-electron chi connectivity index (χ3n) is 5.24. The fourth-order valence-electron chi connectivity index (χ4n) is 3.65. The quantitative estimate of drug-likeness (QED) is 0.663. The molecule has 2 aromatic heterocycles. The number of methoxy groups -OCH3 is 1. The number of halogens is 1. The Morgan fingerprint density at radius 1 is 1.23 bits per heavy atom. The van der Waals surface area contributed by atoms with Crippen LogP contribution < -0.4 is 4.74 Å². The van der Waals surface area contributed by atoms with Gasteiger partial charge in [-0.25, -0.2) is 14.4 Å². The molecule has 1 amide bonds. The molecule has 1 aliphatic heterocycles. The smallest absolute Gasteiger partial charge is 0.274 e. The van der Waals surface area contributed by atoms with Crippen molar-refractivity contribution in [2.24, 2.45) is 0 Å². The summed E-state index contributed by atoms with van der Waals surface area (Å²) in [6.07, 6.45) is 3.56. The number of likely N-dealkylation sites (tertiary alicyclic amines) is 1. The SMILES string of the molecule is COc1ccc(-n2c(-c3ccc(C#N)c(F)c3)nc(C(=O)N3CCCC3)c2C)cn1. The number of hydrogen-bond donors (Lipinski definition) is 0. The minimum Gasteiger partial charge on any atom is -0.481 e. The molecule has 0 radical (unpaired) electrons. The molecule has 0 unspecified atom stereocenters. The first kappa shape index (κ1) is 19.6. The van der Waals surface area contributed by atoms with E-state index in [1.807, 2.05) is 13.0 Å². The fourth-order valence-corrected chi connectivity index (χ4v) is 3.65. The van der Waals surface area contributed by atoms with Crippen LogP contribution >= 0.6 is 0 Å². The van der Waals surface area contributed by atoms with Crippen LogP contribution in [0.15, 0.2) is 36.5 Å². The van der Waals surface area contributed by atoms with E-state index in [0.717, 1.165) is 12.8 Å². The van der Waals surface area contributed by atoms with Crippen molar-refractivity contribution in [2.75, 3.05) is 20.2 Å². The molecule has 3 heterocycles. The van der Waals surface area contributed by atoms with Gasteiger partial charge < -0.3 is 9.64 Å². The number of carbonyl (C=O) groups excluding carboxylic acids is 1. The molecule has 1 aliphatic rings. The molecule has 0 spiro atoms. The second-order valence-electron chi connectivity index (χ2n) is 7.07. The molecule has 4 rings (SSSR count).